The summed E-state index contributed by atoms with van der Waals surface area (Å²) in [5.41, 5.74) is -0.913. The van der Waals surface area contributed by atoms with Crippen molar-refractivity contribution in [1.82, 2.24) is 0 Å². The standard InChI is InChI=1S/C16H20FNO3/c1-16(10-6-2-3-7-11-16)21-18-14(15(19)20)12-8-4-5-9-13(12)17/h4-5,8-9H,2-3,6-7,10-11H2,1H3,(H,19,20)/b18-14-. The van der Waals surface area contributed by atoms with Crippen LogP contribution in [0.5, 0.6) is 0 Å². The summed E-state index contributed by atoms with van der Waals surface area (Å²) in [7, 11) is 0. The van der Waals surface area contributed by atoms with Crippen molar-refractivity contribution < 1.29 is 19.1 Å². The van der Waals surface area contributed by atoms with E-state index in [1.807, 2.05) is 6.92 Å². The number of rotatable bonds is 4. The molecule has 1 saturated carbocycles. The summed E-state index contributed by atoms with van der Waals surface area (Å²) in [5, 5.41) is 13.0. The van der Waals surface area contributed by atoms with Gasteiger partial charge in [0.25, 0.3) is 0 Å². The zero-order valence-corrected chi connectivity index (χ0v) is 12.1. The highest BCUT2D eigenvalue weighted by atomic mass is 19.1. The van der Waals surface area contributed by atoms with Crippen LogP contribution in [0.2, 0.25) is 0 Å². The molecule has 0 heterocycles. The van der Waals surface area contributed by atoms with E-state index in [4.69, 9.17) is 4.84 Å². The van der Waals surface area contributed by atoms with Crippen LogP contribution in [0.15, 0.2) is 29.4 Å². The second-order valence-corrected chi connectivity index (χ2v) is 5.68. The van der Waals surface area contributed by atoms with Crippen LogP contribution in [-0.4, -0.2) is 22.4 Å². The first-order valence-corrected chi connectivity index (χ1v) is 7.26. The predicted octanol–water partition coefficient (Wildman–Crippen LogP) is 3.74. The van der Waals surface area contributed by atoms with Gasteiger partial charge in [0.05, 0.1) is 0 Å². The third-order valence-corrected chi connectivity index (χ3v) is 3.85. The first-order valence-electron chi connectivity index (χ1n) is 7.26. The molecule has 4 nitrogen and oxygen atoms in total. The Morgan fingerprint density at radius 1 is 1.24 bits per heavy atom. The van der Waals surface area contributed by atoms with Gasteiger partial charge in [-0.2, -0.15) is 0 Å². The highest BCUT2D eigenvalue weighted by Gasteiger charge is 2.29. The van der Waals surface area contributed by atoms with E-state index in [0.717, 1.165) is 38.5 Å². The Morgan fingerprint density at radius 2 is 1.86 bits per heavy atom. The number of oxime groups is 1. The molecule has 0 amide bonds. The van der Waals surface area contributed by atoms with Crippen LogP contribution >= 0.6 is 0 Å². The van der Waals surface area contributed by atoms with E-state index in [1.165, 1.54) is 18.2 Å². The van der Waals surface area contributed by atoms with Crippen LogP contribution in [0.1, 0.15) is 51.0 Å². The van der Waals surface area contributed by atoms with Gasteiger partial charge in [0.1, 0.15) is 11.4 Å². The minimum absolute atomic E-state index is 0.0535. The van der Waals surface area contributed by atoms with Crippen LogP contribution in [0.3, 0.4) is 0 Å². The molecule has 0 radical (unpaired) electrons. The fourth-order valence-electron chi connectivity index (χ4n) is 2.58. The number of hydrogen-bond donors (Lipinski definition) is 1. The molecule has 0 aliphatic heterocycles. The smallest absolute Gasteiger partial charge is 0.358 e. The van der Waals surface area contributed by atoms with Crippen LogP contribution in [0.25, 0.3) is 0 Å². The molecular formula is C16H20FNO3. The number of halogens is 1. The molecule has 2 rings (SSSR count). The number of hydrogen-bond acceptors (Lipinski definition) is 3. The lowest BCUT2D eigenvalue weighted by molar-refractivity contribution is -0.129. The fourth-order valence-corrected chi connectivity index (χ4v) is 2.58. The Bertz CT molecular complexity index is 534. The zero-order valence-electron chi connectivity index (χ0n) is 12.1. The van der Waals surface area contributed by atoms with Gasteiger partial charge in [0.2, 0.25) is 0 Å². The van der Waals surface area contributed by atoms with E-state index in [-0.39, 0.29) is 5.56 Å². The molecule has 0 aromatic heterocycles. The van der Waals surface area contributed by atoms with Gasteiger partial charge in [0.15, 0.2) is 5.71 Å². The number of carboxylic acid groups (broad SMARTS) is 1. The summed E-state index contributed by atoms with van der Waals surface area (Å²) in [4.78, 5) is 16.8. The molecule has 5 heteroatoms. The molecule has 1 aromatic rings. The molecule has 21 heavy (non-hydrogen) atoms. The first kappa shape index (κ1) is 15.5. The van der Waals surface area contributed by atoms with Crippen molar-refractivity contribution in [2.24, 2.45) is 5.16 Å². The Morgan fingerprint density at radius 3 is 2.43 bits per heavy atom. The third kappa shape index (κ3) is 4.03. The molecule has 0 unspecified atom stereocenters. The summed E-state index contributed by atoms with van der Waals surface area (Å²) in [6.45, 7) is 1.93. The van der Waals surface area contributed by atoms with Gasteiger partial charge in [-0.15, -0.1) is 0 Å². The summed E-state index contributed by atoms with van der Waals surface area (Å²) in [6.07, 6.45) is 6.05. The second kappa shape index (κ2) is 6.70. The molecule has 0 bridgehead atoms. The monoisotopic (exact) mass is 293 g/mol. The van der Waals surface area contributed by atoms with Gasteiger partial charge in [-0.1, -0.05) is 30.1 Å². The molecular weight excluding hydrogens is 273 g/mol. The van der Waals surface area contributed by atoms with Crippen LogP contribution in [-0.2, 0) is 9.63 Å². The highest BCUT2D eigenvalue weighted by Crippen LogP contribution is 2.30. The molecule has 1 aromatic carbocycles. The third-order valence-electron chi connectivity index (χ3n) is 3.85. The van der Waals surface area contributed by atoms with Crippen molar-refractivity contribution in [2.75, 3.05) is 0 Å². The van der Waals surface area contributed by atoms with Gasteiger partial charge < -0.3 is 9.94 Å². The molecule has 1 N–H and O–H groups in total. The summed E-state index contributed by atoms with van der Waals surface area (Å²) in [5.74, 6) is -1.91. The normalized spacial score (nSPS) is 18.9. The first-order chi connectivity index (χ1) is 10.0. The topological polar surface area (TPSA) is 58.9 Å². The lowest BCUT2D eigenvalue weighted by Crippen LogP contribution is -2.27. The lowest BCUT2D eigenvalue weighted by Gasteiger charge is -2.25. The highest BCUT2D eigenvalue weighted by molar-refractivity contribution is 6.42. The number of nitrogens with zero attached hydrogens (tertiary/aromatic N) is 1. The van der Waals surface area contributed by atoms with E-state index in [0.29, 0.717) is 0 Å². The molecule has 114 valence electrons. The molecule has 1 fully saturated rings. The zero-order chi connectivity index (χ0) is 15.3. The van der Waals surface area contributed by atoms with E-state index >= 15 is 0 Å². The Balaban J connectivity index is 2.22. The van der Waals surface area contributed by atoms with E-state index in [2.05, 4.69) is 5.16 Å². The van der Waals surface area contributed by atoms with Crippen LogP contribution < -0.4 is 0 Å². The van der Waals surface area contributed by atoms with Gasteiger partial charge >= 0.3 is 5.97 Å². The Kier molecular flexibility index (Phi) is 4.94. The number of benzene rings is 1. The average Bonchev–Trinajstić information content (AvgIpc) is 2.66. The largest absolute Gasteiger partial charge is 0.476 e. The minimum Gasteiger partial charge on any atom is -0.476 e. The van der Waals surface area contributed by atoms with Crippen molar-refractivity contribution >= 4 is 11.7 Å². The number of carboxylic acids is 1. The maximum absolute atomic E-state index is 13.7. The van der Waals surface area contributed by atoms with Crippen molar-refractivity contribution in [3.8, 4) is 0 Å². The Hall–Kier alpha value is -1.91. The van der Waals surface area contributed by atoms with Gasteiger partial charge in [-0.3, -0.25) is 0 Å². The average molecular weight is 293 g/mol. The SMILES string of the molecule is CC1(O/N=C(\C(=O)O)c2ccccc2F)CCCCCC1. The number of carbonyl (C=O) groups is 1. The molecule has 0 saturated heterocycles. The van der Waals surface area contributed by atoms with Crippen LogP contribution in [0.4, 0.5) is 4.39 Å². The Labute approximate surface area is 123 Å². The molecule has 1 aliphatic carbocycles. The maximum Gasteiger partial charge on any atom is 0.358 e. The number of aliphatic carboxylic acids is 1. The van der Waals surface area contributed by atoms with Gasteiger partial charge in [-0.05, 0) is 44.7 Å². The molecule has 0 atom stereocenters. The fraction of sp³-hybridized carbons (Fsp3) is 0.500. The van der Waals surface area contributed by atoms with Crippen molar-refractivity contribution in [1.29, 1.82) is 0 Å². The van der Waals surface area contributed by atoms with E-state index < -0.39 is 23.1 Å². The van der Waals surface area contributed by atoms with Gasteiger partial charge in [-0.25, -0.2) is 9.18 Å². The minimum atomic E-state index is -1.29. The predicted molar refractivity (Wildman–Crippen MR) is 77.8 cm³/mol. The lowest BCUT2D eigenvalue weighted by atomic mass is 9.97. The summed E-state index contributed by atoms with van der Waals surface area (Å²) in [6, 6.07) is 5.68. The van der Waals surface area contributed by atoms with Crippen molar-refractivity contribution in [3.05, 3.63) is 35.6 Å². The van der Waals surface area contributed by atoms with E-state index in [1.54, 1.807) is 6.07 Å². The molecule has 1 aliphatic rings. The quantitative estimate of drug-likeness (QED) is 0.522. The van der Waals surface area contributed by atoms with Crippen molar-refractivity contribution in [2.45, 2.75) is 51.0 Å². The summed E-state index contributed by atoms with van der Waals surface area (Å²) >= 11 is 0. The van der Waals surface area contributed by atoms with Gasteiger partial charge in [0, 0.05) is 5.56 Å². The summed E-state index contributed by atoms with van der Waals surface area (Å²) < 4.78 is 13.7. The van der Waals surface area contributed by atoms with Crippen LogP contribution in [0, 0.1) is 5.82 Å². The molecule has 0 spiro atoms. The second-order valence-electron chi connectivity index (χ2n) is 5.68. The van der Waals surface area contributed by atoms with E-state index in [9.17, 15) is 14.3 Å². The maximum atomic E-state index is 13.7. The van der Waals surface area contributed by atoms with Crippen molar-refractivity contribution in [3.63, 3.8) is 0 Å².